The first kappa shape index (κ1) is 14.5. The third kappa shape index (κ3) is 3.34. The Kier molecular flexibility index (Phi) is 4.06. The molecular formula is C13H15F3N2O2. The van der Waals surface area contributed by atoms with Gasteiger partial charge in [0.2, 0.25) is 0 Å². The molecule has 0 atom stereocenters. The SMILES string of the molecule is CCNC(=O)N1CC(Oc2ccc(C(F)(F)F)cc2)C1. The molecule has 1 aromatic rings. The monoisotopic (exact) mass is 288 g/mol. The van der Waals surface area contributed by atoms with Gasteiger partial charge in [-0.25, -0.2) is 4.79 Å². The Hall–Kier alpha value is -1.92. The van der Waals surface area contributed by atoms with Crippen molar-refractivity contribution in [2.45, 2.75) is 19.2 Å². The summed E-state index contributed by atoms with van der Waals surface area (Å²) in [5.74, 6) is 0.374. The molecule has 2 rings (SSSR count). The summed E-state index contributed by atoms with van der Waals surface area (Å²) >= 11 is 0. The zero-order chi connectivity index (χ0) is 14.8. The lowest BCUT2D eigenvalue weighted by atomic mass is 10.1. The first-order valence-electron chi connectivity index (χ1n) is 6.27. The Bertz CT molecular complexity index is 467. The average Bonchev–Trinajstić information content (AvgIpc) is 2.33. The summed E-state index contributed by atoms with van der Waals surface area (Å²) in [6, 6.07) is 4.39. The molecule has 0 radical (unpaired) electrons. The summed E-state index contributed by atoms with van der Waals surface area (Å²) in [7, 11) is 0. The number of ether oxygens (including phenoxy) is 1. The summed E-state index contributed by atoms with van der Waals surface area (Å²) in [6.07, 6.45) is -4.52. The first-order valence-corrected chi connectivity index (χ1v) is 6.27. The van der Waals surface area contributed by atoms with Crippen LogP contribution in [0.1, 0.15) is 12.5 Å². The number of nitrogens with one attached hydrogen (secondary N) is 1. The van der Waals surface area contributed by atoms with Gasteiger partial charge in [0.15, 0.2) is 0 Å². The van der Waals surface area contributed by atoms with Crippen LogP contribution < -0.4 is 10.1 Å². The van der Waals surface area contributed by atoms with Gasteiger partial charge in [0.1, 0.15) is 11.9 Å². The van der Waals surface area contributed by atoms with Gasteiger partial charge in [-0.2, -0.15) is 13.2 Å². The van der Waals surface area contributed by atoms with E-state index in [2.05, 4.69) is 5.32 Å². The Morgan fingerprint density at radius 2 is 1.95 bits per heavy atom. The molecule has 1 aliphatic rings. The van der Waals surface area contributed by atoms with Crippen LogP contribution in [0.5, 0.6) is 5.75 Å². The van der Waals surface area contributed by atoms with Crippen molar-refractivity contribution in [3.8, 4) is 5.75 Å². The molecule has 1 aromatic carbocycles. The van der Waals surface area contributed by atoms with Crippen LogP contribution in [0.2, 0.25) is 0 Å². The zero-order valence-electron chi connectivity index (χ0n) is 10.9. The van der Waals surface area contributed by atoms with E-state index in [1.165, 1.54) is 12.1 Å². The third-order valence-corrected chi connectivity index (χ3v) is 2.95. The lowest BCUT2D eigenvalue weighted by molar-refractivity contribution is -0.137. The maximum atomic E-state index is 12.4. The zero-order valence-corrected chi connectivity index (χ0v) is 10.9. The van der Waals surface area contributed by atoms with Crippen LogP contribution in [0.25, 0.3) is 0 Å². The maximum absolute atomic E-state index is 12.4. The van der Waals surface area contributed by atoms with E-state index in [0.717, 1.165) is 12.1 Å². The predicted molar refractivity (Wildman–Crippen MR) is 66.5 cm³/mol. The minimum Gasteiger partial charge on any atom is -0.487 e. The predicted octanol–water partition coefficient (Wildman–Crippen LogP) is 2.50. The Morgan fingerprint density at radius 3 is 2.45 bits per heavy atom. The highest BCUT2D eigenvalue weighted by molar-refractivity contribution is 5.75. The molecule has 7 heteroatoms. The number of hydrogen-bond acceptors (Lipinski definition) is 2. The first-order chi connectivity index (χ1) is 9.40. The molecule has 1 aliphatic heterocycles. The number of halogens is 3. The van der Waals surface area contributed by atoms with Crippen LogP contribution in [0, 0.1) is 0 Å². The number of carbonyl (C=O) groups excluding carboxylic acids is 1. The van der Waals surface area contributed by atoms with Crippen LogP contribution in [0.15, 0.2) is 24.3 Å². The van der Waals surface area contributed by atoms with Crippen molar-refractivity contribution in [3.63, 3.8) is 0 Å². The molecule has 4 nitrogen and oxygen atoms in total. The quantitative estimate of drug-likeness (QED) is 0.928. The summed E-state index contributed by atoms with van der Waals surface area (Å²) in [5, 5.41) is 2.66. The molecule has 1 heterocycles. The number of urea groups is 1. The maximum Gasteiger partial charge on any atom is 0.416 e. The molecule has 110 valence electrons. The van der Waals surface area contributed by atoms with Gasteiger partial charge in [-0.3, -0.25) is 0 Å². The number of hydrogen-bond donors (Lipinski definition) is 1. The lowest BCUT2D eigenvalue weighted by Crippen LogP contribution is -2.58. The van der Waals surface area contributed by atoms with Crippen LogP contribution >= 0.6 is 0 Å². The summed E-state index contributed by atoms with van der Waals surface area (Å²) in [6.45, 7) is 3.26. The minimum absolute atomic E-state index is 0.153. The van der Waals surface area contributed by atoms with E-state index >= 15 is 0 Å². The van der Waals surface area contributed by atoms with Crippen LogP contribution in [0.3, 0.4) is 0 Å². The highest BCUT2D eigenvalue weighted by atomic mass is 19.4. The summed E-state index contributed by atoms with van der Waals surface area (Å²) in [4.78, 5) is 13.0. The Labute approximate surface area is 114 Å². The number of rotatable bonds is 3. The van der Waals surface area contributed by atoms with Crippen molar-refractivity contribution < 1.29 is 22.7 Å². The normalized spacial score (nSPS) is 15.7. The van der Waals surface area contributed by atoms with Gasteiger partial charge < -0.3 is 15.0 Å². The van der Waals surface area contributed by atoms with E-state index in [9.17, 15) is 18.0 Å². The van der Waals surface area contributed by atoms with Crippen LogP contribution in [0.4, 0.5) is 18.0 Å². The number of alkyl halides is 3. The second-order valence-corrected chi connectivity index (χ2v) is 4.50. The van der Waals surface area contributed by atoms with Crippen molar-refractivity contribution in [3.05, 3.63) is 29.8 Å². The second-order valence-electron chi connectivity index (χ2n) is 4.50. The summed E-state index contributed by atoms with van der Waals surface area (Å²) < 4.78 is 42.6. The number of carbonyl (C=O) groups is 1. The van der Waals surface area contributed by atoms with Gasteiger partial charge in [-0.05, 0) is 31.2 Å². The molecule has 2 amide bonds. The van der Waals surface area contributed by atoms with Crippen molar-refractivity contribution in [1.29, 1.82) is 0 Å². The molecule has 0 aliphatic carbocycles. The number of nitrogens with zero attached hydrogens (tertiary/aromatic N) is 1. The fourth-order valence-corrected chi connectivity index (χ4v) is 1.86. The van der Waals surface area contributed by atoms with Gasteiger partial charge in [0.05, 0.1) is 18.7 Å². The van der Waals surface area contributed by atoms with Crippen molar-refractivity contribution in [2.75, 3.05) is 19.6 Å². The summed E-state index contributed by atoms with van der Waals surface area (Å²) in [5.41, 5.74) is -0.706. The van der Waals surface area contributed by atoms with Crippen molar-refractivity contribution >= 4 is 6.03 Å². The standard InChI is InChI=1S/C13H15F3N2O2/c1-2-17-12(19)18-7-11(8-18)20-10-5-3-9(4-6-10)13(14,15)16/h3-6,11H,2,7-8H2,1H3,(H,17,19). The Balaban J connectivity index is 1.83. The molecule has 1 fully saturated rings. The van der Waals surface area contributed by atoms with Gasteiger partial charge in [0, 0.05) is 6.54 Å². The molecular weight excluding hydrogens is 273 g/mol. The molecule has 0 aromatic heterocycles. The van der Waals surface area contributed by atoms with Gasteiger partial charge in [0.25, 0.3) is 0 Å². The third-order valence-electron chi connectivity index (χ3n) is 2.95. The fraction of sp³-hybridized carbons (Fsp3) is 0.462. The number of benzene rings is 1. The second kappa shape index (κ2) is 5.60. The van der Waals surface area contributed by atoms with E-state index in [0.29, 0.717) is 25.4 Å². The van der Waals surface area contributed by atoms with Crippen LogP contribution in [-0.2, 0) is 6.18 Å². The van der Waals surface area contributed by atoms with E-state index in [1.54, 1.807) is 4.90 Å². The van der Waals surface area contributed by atoms with E-state index < -0.39 is 11.7 Å². The average molecular weight is 288 g/mol. The van der Waals surface area contributed by atoms with E-state index in [-0.39, 0.29) is 12.1 Å². The molecule has 1 N–H and O–H groups in total. The number of likely N-dealkylation sites (tertiary alicyclic amines) is 1. The van der Waals surface area contributed by atoms with E-state index in [4.69, 9.17) is 4.74 Å². The van der Waals surface area contributed by atoms with E-state index in [1.807, 2.05) is 6.92 Å². The van der Waals surface area contributed by atoms with Crippen molar-refractivity contribution in [1.82, 2.24) is 10.2 Å². The molecule has 0 spiro atoms. The topological polar surface area (TPSA) is 41.6 Å². The largest absolute Gasteiger partial charge is 0.487 e. The molecule has 0 saturated carbocycles. The molecule has 0 unspecified atom stereocenters. The molecule has 1 saturated heterocycles. The highest BCUT2D eigenvalue weighted by Crippen LogP contribution is 2.30. The number of amides is 2. The highest BCUT2D eigenvalue weighted by Gasteiger charge is 2.33. The van der Waals surface area contributed by atoms with Crippen molar-refractivity contribution in [2.24, 2.45) is 0 Å². The lowest BCUT2D eigenvalue weighted by Gasteiger charge is -2.38. The van der Waals surface area contributed by atoms with Gasteiger partial charge in [-0.15, -0.1) is 0 Å². The van der Waals surface area contributed by atoms with Gasteiger partial charge >= 0.3 is 12.2 Å². The fourth-order valence-electron chi connectivity index (χ4n) is 1.86. The Morgan fingerprint density at radius 1 is 1.35 bits per heavy atom. The molecule has 20 heavy (non-hydrogen) atoms. The molecule has 0 bridgehead atoms. The smallest absolute Gasteiger partial charge is 0.416 e. The van der Waals surface area contributed by atoms with Crippen LogP contribution in [-0.4, -0.2) is 36.7 Å². The minimum atomic E-state index is -4.34. The van der Waals surface area contributed by atoms with Gasteiger partial charge in [-0.1, -0.05) is 0 Å².